The van der Waals surface area contributed by atoms with Gasteiger partial charge in [0.1, 0.15) is 5.75 Å². The predicted molar refractivity (Wildman–Crippen MR) is 117 cm³/mol. The van der Waals surface area contributed by atoms with Gasteiger partial charge in [0.05, 0.1) is 7.11 Å². The first kappa shape index (κ1) is 18.3. The Kier molecular flexibility index (Phi) is 5.18. The van der Waals surface area contributed by atoms with Crippen molar-refractivity contribution in [2.24, 2.45) is 7.05 Å². The van der Waals surface area contributed by atoms with Gasteiger partial charge < -0.3 is 14.6 Å². The lowest BCUT2D eigenvalue weighted by molar-refractivity contribution is 0.416. The Bertz CT molecular complexity index is 1080. The van der Waals surface area contributed by atoms with E-state index in [0.717, 1.165) is 17.9 Å². The fourth-order valence-corrected chi connectivity index (χ4v) is 3.67. The van der Waals surface area contributed by atoms with Gasteiger partial charge in [-0.15, -0.1) is 0 Å². The number of methoxy groups -OCH3 is 1. The minimum Gasteiger partial charge on any atom is -0.496 e. The molecule has 0 radical (unpaired) electrons. The summed E-state index contributed by atoms with van der Waals surface area (Å²) in [6, 6.07) is 26.0. The first-order valence-electron chi connectivity index (χ1n) is 9.66. The van der Waals surface area contributed by atoms with E-state index in [1.54, 1.807) is 7.11 Å². The van der Waals surface area contributed by atoms with Crippen LogP contribution in [0.3, 0.4) is 0 Å². The van der Waals surface area contributed by atoms with E-state index in [-0.39, 0.29) is 0 Å². The summed E-state index contributed by atoms with van der Waals surface area (Å²) in [5, 5.41) is 4.86. The number of aryl methyl sites for hydroxylation is 1. The van der Waals surface area contributed by atoms with Crippen LogP contribution in [0.15, 0.2) is 79.0 Å². The maximum atomic E-state index is 5.64. The van der Waals surface area contributed by atoms with Crippen molar-refractivity contribution in [1.29, 1.82) is 0 Å². The van der Waals surface area contributed by atoms with E-state index >= 15 is 0 Å². The third-order valence-electron chi connectivity index (χ3n) is 5.37. The van der Waals surface area contributed by atoms with E-state index in [4.69, 9.17) is 4.74 Å². The van der Waals surface area contributed by atoms with Gasteiger partial charge in [-0.25, -0.2) is 0 Å². The molecule has 0 fully saturated rings. The summed E-state index contributed by atoms with van der Waals surface area (Å²) >= 11 is 0. The zero-order valence-electron chi connectivity index (χ0n) is 16.6. The summed E-state index contributed by atoms with van der Waals surface area (Å²) in [6.07, 6.45) is 2.09. The number of fused-ring (bicyclic) bond motifs is 1. The molecular weight excluding hydrogens is 344 g/mol. The van der Waals surface area contributed by atoms with Crippen LogP contribution in [-0.2, 0) is 13.6 Å². The summed E-state index contributed by atoms with van der Waals surface area (Å²) in [7, 11) is 3.80. The predicted octanol–water partition coefficient (Wildman–Crippen LogP) is 5.70. The molecule has 3 aromatic carbocycles. The van der Waals surface area contributed by atoms with Gasteiger partial charge in [-0.05, 0) is 53.9 Å². The Morgan fingerprint density at radius 2 is 1.79 bits per heavy atom. The van der Waals surface area contributed by atoms with Crippen molar-refractivity contribution in [3.63, 3.8) is 0 Å². The summed E-state index contributed by atoms with van der Waals surface area (Å²) < 4.78 is 7.78. The molecule has 4 aromatic rings. The maximum Gasteiger partial charge on any atom is 0.126 e. The Balaban J connectivity index is 1.60. The van der Waals surface area contributed by atoms with Gasteiger partial charge in [0, 0.05) is 42.3 Å². The molecule has 0 saturated heterocycles. The molecule has 0 aliphatic heterocycles. The molecule has 142 valence electrons. The van der Waals surface area contributed by atoms with Crippen molar-refractivity contribution in [2.45, 2.75) is 19.5 Å². The number of ether oxygens (including phenoxy) is 1. The highest BCUT2D eigenvalue weighted by atomic mass is 16.5. The molecule has 0 amide bonds. The average Bonchev–Trinajstić information content (AvgIpc) is 3.12. The molecule has 4 rings (SSSR count). The van der Waals surface area contributed by atoms with Gasteiger partial charge in [0.15, 0.2) is 0 Å². The number of hydrogen-bond donors (Lipinski definition) is 1. The monoisotopic (exact) mass is 370 g/mol. The van der Waals surface area contributed by atoms with Gasteiger partial charge in [0.25, 0.3) is 0 Å². The number of nitrogens with one attached hydrogen (secondary N) is 1. The first-order valence-corrected chi connectivity index (χ1v) is 9.66. The molecule has 3 heteroatoms. The Morgan fingerprint density at radius 3 is 2.57 bits per heavy atom. The normalized spacial score (nSPS) is 12.2. The smallest absolute Gasteiger partial charge is 0.126 e. The van der Waals surface area contributed by atoms with Crippen LogP contribution in [0.4, 0.5) is 0 Å². The third kappa shape index (κ3) is 3.67. The third-order valence-corrected chi connectivity index (χ3v) is 5.37. The number of benzene rings is 3. The molecule has 0 unspecified atom stereocenters. The molecule has 0 bridgehead atoms. The molecule has 0 saturated carbocycles. The van der Waals surface area contributed by atoms with Crippen LogP contribution in [-0.4, -0.2) is 11.7 Å². The second-order valence-corrected chi connectivity index (χ2v) is 7.25. The first-order chi connectivity index (χ1) is 13.7. The highest BCUT2D eigenvalue weighted by Crippen LogP contribution is 2.33. The van der Waals surface area contributed by atoms with Crippen molar-refractivity contribution >= 4 is 10.9 Å². The van der Waals surface area contributed by atoms with Crippen molar-refractivity contribution < 1.29 is 4.74 Å². The van der Waals surface area contributed by atoms with E-state index < -0.39 is 0 Å². The fourth-order valence-electron chi connectivity index (χ4n) is 3.67. The summed E-state index contributed by atoms with van der Waals surface area (Å²) in [4.78, 5) is 0. The molecule has 3 nitrogen and oxygen atoms in total. The standard InChI is InChI=1S/C25H26N2O/c1-18(20-7-5-4-6-8-20)26-17-19-9-12-25(28-3)23(15-19)21-10-11-24-22(16-21)13-14-27(24)2/h4-16,18,26H,17H2,1-3H3/t18-/m1/s1. The lowest BCUT2D eigenvalue weighted by Gasteiger charge is -2.16. The highest BCUT2D eigenvalue weighted by Gasteiger charge is 2.10. The largest absolute Gasteiger partial charge is 0.496 e. The van der Waals surface area contributed by atoms with Crippen LogP contribution in [0.25, 0.3) is 22.0 Å². The van der Waals surface area contributed by atoms with Gasteiger partial charge in [-0.2, -0.15) is 0 Å². The van der Waals surface area contributed by atoms with Gasteiger partial charge in [-0.1, -0.05) is 42.5 Å². The minimum absolute atomic E-state index is 0.299. The van der Waals surface area contributed by atoms with E-state index in [2.05, 4.69) is 103 Å². The van der Waals surface area contributed by atoms with Gasteiger partial charge in [0.2, 0.25) is 0 Å². The zero-order chi connectivity index (χ0) is 19.5. The molecule has 1 heterocycles. The van der Waals surface area contributed by atoms with Crippen molar-refractivity contribution in [3.8, 4) is 16.9 Å². The maximum absolute atomic E-state index is 5.64. The van der Waals surface area contributed by atoms with Crippen molar-refractivity contribution in [1.82, 2.24) is 9.88 Å². The van der Waals surface area contributed by atoms with Crippen LogP contribution in [0.5, 0.6) is 5.75 Å². The lowest BCUT2D eigenvalue weighted by atomic mass is 10.00. The highest BCUT2D eigenvalue weighted by molar-refractivity contribution is 5.87. The second-order valence-electron chi connectivity index (χ2n) is 7.25. The summed E-state index contributed by atoms with van der Waals surface area (Å²) in [5.74, 6) is 0.898. The zero-order valence-corrected chi connectivity index (χ0v) is 16.6. The Hall–Kier alpha value is -3.04. The van der Waals surface area contributed by atoms with E-state index in [0.29, 0.717) is 6.04 Å². The van der Waals surface area contributed by atoms with Crippen LogP contribution < -0.4 is 10.1 Å². The molecule has 0 aliphatic carbocycles. The molecule has 1 aromatic heterocycles. The van der Waals surface area contributed by atoms with Gasteiger partial charge >= 0.3 is 0 Å². The second kappa shape index (κ2) is 7.91. The van der Waals surface area contributed by atoms with Crippen LogP contribution in [0, 0.1) is 0 Å². The fraction of sp³-hybridized carbons (Fsp3) is 0.200. The topological polar surface area (TPSA) is 26.2 Å². The van der Waals surface area contributed by atoms with E-state index in [1.165, 1.54) is 27.6 Å². The minimum atomic E-state index is 0.299. The quantitative estimate of drug-likeness (QED) is 0.471. The Labute approximate surface area is 166 Å². The van der Waals surface area contributed by atoms with Crippen molar-refractivity contribution in [2.75, 3.05) is 7.11 Å². The molecule has 28 heavy (non-hydrogen) atoms. The number of hydrogen-bond acceptors (Lipinski definition) is 2. The van der Waals surface area contributed by atoms with E-state index in [1.807, 2.05) is 0 Å². The van der Waals surface area contributed by atoms with E-state index in [9.17, 15) is 0 Å². The summed E-state index contributed by atoms with van der Waals surface area (Å²) in [6.45, 7) is 3.00. The van der Waals surface area contributed by atoms with Crippen LogP contribution >= 0.6 is 0 Å². The number of nitrogens with zero attached hydrogens (tertiary/aromatic N) is 1. The SMILES string of the molecule is COc1ccc(CN[C@H](C)c2ccccc2)cc1-c1ccc2c(ccn2C)c1. The molecule has 0 spiro atoms. The number of rotatable bonds is 6. The summed E-state index contributed by atoms with van der Waals surface area (Å²) in [5.41, 5.74) is 6.07. The lowest BCUT2D eigenvalue weighted by Crippen LogP contribution is -2.18. The number of aromatic nitrogens is 1. The Morgan fingerprint density at radius 1 is 0.964 bits per heavy atom. The average molecular weight is 370 g/mol. The molecule has 1 atom stereocenters. The van der Waals surface area contributed by atoms with Gasteiger partial charge in [-0.3, -0.25) is 0 Å². The molecule has 0 aliphatic rings. The molecule has 1 N–H and O–H groups in total. The van der Waals surface area contributed by atoms with Crippen LogP contribution in [0.2, 0.25) is 0 Å². The molecular formula is C25H26N2O. The van der Waals surface area contributed by atoms with Crippen molar-refractivity contribution in [3.05, 3.63) is 90.1 Å². The van der Waals surface area contributed by atoms with Crippen LogP contribution in [0.1, 0.15) is 24.1 Å².